The van der Waals surface area contributed by atoms with Crippen molar-refractivity contribution in [2.24, 2.45) is 0 Å². The lowest BCUT2D eigenvalue weighted by Gasteiger charge is -1.88. The van der Waals surface area contributed by atoms with Crippen molar-refractivity contribution in [1.82, 2.24) is 0 Å². The molecule has 0 atom stereocenters. The van der Waals surface area contributed by atoms with Crippen molar-refractivity contribution in [2.45, 2.75) is 12.0 Å². The highest BCUT2D eigenvalue weighted by Gasteiger charge is 2.06. The van der Waals surface area contributed by atoms with E-state index in [9.17, 15) is 4.79 Å². The molecule has 2 nitrogen and oxygen atoms in total. The van der Waals surface area contributed by atoms with Crippen molar-refractivity contribution >= 4 is 39.4 Å². The van der Waals surface area contributed by atoms with E-state index in [1.165, 1.54) is 6.92 Å². The van der Waals surface area contributed by atoms with Gasteiger partial charge in [-0.2, -0.15) is 0 Å². The number of halogens is 1. The molecular formula is C10H7ClO2S. The van der Waals surface area contributed by atoms with E-state index in [2.05, 4.69) is 0 Å². The van der Waals surface area contributed by atoms with E-state index in [1.54, 1.807) is 12.1 Å². The van der Waals surface area contributed by atoms with Crippen LogP contribution in [0.2, 0.25) is 5.02 Å². The topological polar surface area (TPSA) is 30.2 Å². The SMILES string of the molecule is CC(=O)Sc1cc2cc(Cl)ccc2o1. The zero-order valence-corrected chi connectivity index (χ0v) is 8.98. The van der Waals surface area contributed by atoms with Crippen LogP contribution in [0.3, 0.4) is 0 Å². The van der Waals surface area contributed by atoms with E-state index >= 15 is 0 Å². The van der Waals surface area contributed by atoms with Gasteiger partial charge in [0.1, 0.15) is 5.58 Å². The fourth-order valence-corrected chi connectivity index (χ4v) is 1.96. The molecule has 1 aromatic heterocycles. The van der Waals surface area contributed by atoms with Crippen LogP contribution in [0.4, 0.5) is 0 Å². The Morgan fingerprint density at radius 1 is 1.43 bits per heavy atom. The molecule has 0 bridgehead atoms. The maximum absolute atomic E-state index is 10.8. The minimum absolute atomic E-state index is 0.00940. The van der Waals surface area contributed by atoms with Gasteiger partial charge in [-0.25, -0.2) is 0 Å². The van der Waals surface area contributed by atoms with Crippen LogP contribution in [-0.2, 0) is 4.79 Å². The Bertz CT molecular complexity index is 490. The molecule has 0 aliphatic carbocycles. The van der Waals surface area contributed by atoms with Gasteiger partial charge in [-0.15, -0.1) is 0 Å². The first kappa shape index (κ1) is 9.62. The third-order valence-corrected chi connectivity index (χ3v) is 2.62. The first-order valence-electron chi connectivity index (χ1n) is 4.02. The Morgan fingerprint density at radius 3 is 2.93 bits per heavy atom. The summed E-state index contributed by atoms with van der Waals surface area (Å²) in [5, 5.41) is 2.20. The molecule has 0 amide bonds. The third kappa shape index (κ3) is 1.94. The predicted molar refractivity (Wildman–Crippen MR) is 57.8 cm³/mol. The van der Waals surface area contributed by atoms with Gasteiger partial charge in [-0.3, -0.25) is 4.79 Å². The van der Waals surface area contributed by atoms with Gasteiger partial charge < -0.3 is 4.42 Å². The van der Waals surface area contributed by atoms with Crippen LogP contribution >= 0.6 is 23.4 Å². The molecule has 0 unspecified atom stereocenters. The van der Waals surface area contributed by atoms with E-state index in [4.69, 9.17) is 16.0 Å². The van der Waals surface area contributed by atoms with E-state index < -0.39 is 0 Å². The largest absolute Gasteiger partial charge is 0.449 e. The molecule has 14 heavy (non-hydrogen) atoms. The Morgan fingerprint density at radius 2 is 2.21 bits per heavy atom. The van der Waals surface area contributed by atoms with Gasteiger partial charge in [0, 0.05) is 17.3 Å². The molecule has 0 saturated carbocycles. The number of hydrogen-bond donors (Lipinski definition) is 0. The van der Waals surface area contributed by atoms with Crippen molar-refractivity contribution in [3.63, 3.8) is 0 Å². The standard InChI is InChI=1S/C10H7ClO2S/c1-6(12)14-10-5-7-4-8(11)2-3-9(7)13-10/h2-5H,1H3. The Hall–Kier alpha value is -0.930. The number of fused-ring (bicyclic) bond motifs is 1. The van der Waals surface area contributed by atoms with Crippen LogP contribution in [0.15, 0.2) is 33.8 Å². The Kier molecular flexibility index (Phi) is 2.52. The lowest BCUT2D eigenvalue weighted by molar-refractivity contribution is -0.109. The number of carbonyl (C=O) groups is 1. The number of carbonyl (C=O) groups excluding carboxylic acids is 1. The van der Waals surface area contributed by atoms with Gasteiger partial charge in [-0.1, -0.05) is 11.6 Å². The summed E-state index contributed by atoms with van der Waals surface area (Å²) < 4.78 is 5.42. The summed E-state index contributed by atoms with van der Waals surface area (Å²) in [5.74, 6) is 0. The number of hydrogen-bond acceptors (Lipinski definition) is 3. The van der Waals surface area contributed by atoms with Gasteiger partial charge in [0.05, 0.1) is 0 Å². The molecule has 2 aromatic rings. The van der Waals surface area contributed by atoms with Gasteiger partial charge in [-0.05, 0) is 36.0 Å². The summed E-state index contributed by atoms with van der Waals surface area (Å²) in [5.41, 5.74) is 0.748. The second kappa shape index (κ2) is 3.67. The third-order valence-electron chi connectivity index (χ3n) is 1.70. The summed E-state index contributed by atoms with van der Waals surface area (Å²) in [6, 6.07) is 7.18. The molecule has 1 heterocycles. The molecule has 4 heteroatoms. The van der Waals surface area contributed by atoms with Crippen LogP contribution in [0.1, 0.15) is 6.92 Å². The van der Waals surface area contributed by atoms with Crippen molar-refractivity contribution in [3.05, 3.63) is 29.3 Å². The highest BCUT2D eigenvalue weighted by atomic mass is 35.5. The first-order valence-corrected chi connectivity index (χ1v) is 5.22. The summed E-state index contributed by atoms with van der Waals surface area (Å²) in [7, 11) is 0. The van der Waals surface area contributed by atoms with Crippen molar-refractivity contribution < 1.29 is 9.21 Å². The maximum atomic E-state index is 10.8. The molecule has 0 aliphatic rings. The minimum Gasteiger partial charge on any atom is -0.449 e. The van der Waals surface area contributed by atoms with E-state index in [1.807, 2.05) is 12.1 Å². The second-order valence-electron chi connectivity index (χ2n) is 2.84. The fourth-order valence-electron chi connectivity index (χ4n) is 1.18. The summed E-state index contributed by atoms with van der Waals surface area (Å²) >= 11 is 6.90. The quantitative estimate of drug-likeness (QED) is 0.695. The lowest BCUT2D eigenvalue weighted by atomic mass is 10.3. The molecule has 2 rings (SSSR count). The van der Waals surface area contributed by atoms with Crippen molar-refractivity contribution in [2.75, 3.05) is 0 Å². The summed E-state index contributed by atoms with van der Waals surface area (Å²) in [6.45, 7) is 1.50. The van der Waals surface area contributed by atoms with Gasteiger partial charge in [0.15, 0.2) is 10.2 Å². The molecule has 0 radical (unpaired) electrons. The molecule has 0 N–H and O–H groups in total. The minimum atomic E-state index is 0.00940. The number of benzene rings is 1. The van der Waals surface area contributed by atoms with E-state index in [0.29, 0.717) is 10.1 Å². The molecular weight excluding hydrogens is 220 g/mol. The summed E-state index contributed by atoms with van der Waals surface area (Å²) in [6.07, 6.45) is 0. The monoisotopic (exact) mass is 226 g/mol. The maximum Gasteiger partial charge on any atom is 0.193 e. The number of thioether (sulfide) groups is 1. The fraction of sp³-hybridized carbons (Fsp3) is 0.100. The summed E-state index contributed by atoms with van der Waals surface area (Å²) in [4.78, 5) is 10.8. The molecule has 0 saturated heterocycles. The first-order chi connectivity index (χ1) is 6.65. The highest BCUT2D eigenvalue weighted by molar-refractivity contribution is 8.13. The average molecular weight is 227 g/mol. The molecule has 1 aromatic carbocycles. The van der Waals surface area contributed by atoms with Crippen molar-refractivity contribution in [1.29, 1.82) is 0 Å². The highest BCUT2D eigenvalue weighted by Crippen LogP contribution is 2.29. The van der Waals surface area contributed by atoms with Crippen LogP contribution in [0, 0.1) is 0 Å². The average Bonchev–Trinajstić information content (AvgIpc) is 2.44. The Balaban J connectivity index is 2.46. The molecule has 0 spiro atoms. The van der Waals surface area contributed by atoms with Gasteiger partial charge in [0.25, 0.3) is 0 Å². The lowest BCUT2D eigenvalue weighted by Crippen LogP contribution is -1.76. The van der Waals surface area contributed by atoms with E-state index in [0.717, 1.165) is 22.7 Å². The molecule has 72 valence electrons. The van der Waals surface area contributed by atoms with Crippen LogP contribution in [0.5, 0.6) is 0 Å². The predicted octanol–water partition coefficient (Wildman–Crippen LogP) is 3.72. The van der Waals surface area contributed by atoms with Crippen LogP contribution in [-0.4, -0.2) is 5.12 Å². The van der Waals surface area contributed by atoms with Gasteiger partial charge in [0.2, 0.25) is 0 Å². The van der Waals surface area contributed by atoms with Crippen molar-refractivity contribution in [3.8, 4) is 0 Å². The number of rotatable bonds is 1. The van der Waals surface area contributed by atoms with Crippen LogP contribution in [0.25, 0.3) is 11.0 Å². The smallest absolute Gasteiger partial charge is 0.193 e. The zero-order valence-electron chi connectivity index (χ0n) is 7.41. The number of furan rings is 1. The molecule has 0 fully saturated rings. The zero-order chi connectivity index (χ0) is 10.1. The Labute approximate surface area is 90.2 Å². The normalized spacial score (nSPS) is 10.7. The van der Waals surface area contributed by atoms with Crippen LogP contribution < -0.4 is 0 Å². The second-order valence-corrected chi connectivity index (χ2v) is 4.46. The molecule has 0 aliphatic heterocycles. The van der Waals surface area contributed by atoms with E-state index in [-0.39, 0.29) is 5.12 Å². The van der Waals surface area contributed by atoms with Gasteiger partial charge >= 0.3 is 0 Å².